The number of benzene rings is 1. The lowest BCUT2D eigenvalue weighted by atomic mass is 9.80. The van der Waals surface area contributed by atoms with Gasteiger partial charge in [0.15, 0.2) is 0 Å². The van der Waals surface area contributed by atoms with Crippen molar-refractivity contribution in [2.75, 3.05) is 13.1 Å². The summed E-state index contributed by atoms with van der Waals surface area (Å²) in [5, 5.41) is 10.5. The first-order chi connectivity index (χ1) is 9.89. The van der Waals surface area contributed by atoms with Crippen molar-refractivity contribution in [3.63, 3.8) is 0 Å². The topological polar surface area (TPSA) is 23.5 Å². The molecule has 2 heteroatoms. The number of rotatable bonds is 8. The molecule has 0 spiro atoms. The van der Waals surface area contributed by atoms with E-state index in [4.69, 9.17) is 0 Å². The molecule has 21 heavy (non-hydrogen) atoms. The van der Waals surface area contributed by atoms with Gasteiger partial charge in [0.05, 0.1) is 0 Å². The van der Waals surface area contributed by atoms with Gasteiger partial charge in [0.2, 0.25) is 0 Å². The summed E-state index contributed by atoms with van der Waals surface area (Å²) in [6, 6.07) is 4.33. The SMILES string of the molecule is C=CCc1cc(C(C)(C)CC)cc(CN(CC)CC)c1O. The van der Waals surface area contributed by atoms with E-state index < -0.39 is 0 Å². The Bertz CT molecular complexity index is 473. The van der Waals surface area contributed by atoms with Gasteiger partial charge in [-0.1, -0.05) is 52.8 Å². The highest BCUT2D eigenvalue weighted by molar-refractivity contribution is 5.46. The van der Waals surface area contributed by atoms with E-state index in [1.165, 1.54) is 5.56 Å². The van der Waals surface area contributed by atoms with E-state index in [1.807, 2.05) is 6.08 Å². The second kappa shape index (κ2) is 7.65. The number of phenols is 1. The summed E-state index contributed by atoms with van der Waals surface area (Å²) in [6.45, 7) is 17.7. The van der Waals surface area contributed by atoms with Gasteiger partial charge in [-0.3, -0.25) is 4.90 Å². The summed E-state index contributed by atoms with van der Waals surface area (Å²) in [5.41, 5.74) is 3.46. The Morgan fingerprint density at radius 3 is 2.19 bits per heavy atom. The largest absolute Gasteiger partial charge is 0.507 e. The van der Waals surface area contributed by atoms with E-state index in [0.717, 1.165) is 37.2 Å². The third-order valence-electron chi connectivity index (χ3n) is 4.59. The molecule has 0 saturated carbocycles. The lowest BCUT2D eigenvalue weighted by molar-refractivity contribution is 0.290. The molecule has 1 N–H and O–H groups in total. The van der Waals surface area contributed by atoms with Crippen LogP contribution >= 0.6 is 0 Å². The summed E-state index contributed by atoms with van der Waals surface area (Å²) in [5.74, 6) is 0.442. The van der Waals surface area contributed by atoms with Crippen LogP contribution < -0.4 is 0 Å². The van der Waals surface area contributed by atoms with Crippen molar-refractivity contribution in [3.05, 3.63) is 41.5 Å². The number of hydrogen-bond donors (Lipinski definition) is 1. The average Bonchev–Trinajstić information content (AvgIpc) is 2.48. The highest BCUT2D eigenvalue weighted by atomic mass is 16.3. The molecule has 0 saturated heterocycles. The van der Waals surface area contributed by atoms with E-state index in [1.54, 1.807) is 0 Å². The lowest BCUT2D eigenvalue weighted by Gasteiger charge is -2.27. The van der Waals surface area contributed by atoms with Gasteiger partial charge in [0, 0.05) is 12.1 Å². The molecule has 0 radical (unpaired) electrons. The maximum absolute atomic E-state index is 10.5. The van der Waals surface area contributed by atoms with Gasteiger partial charge >= 0.3 is 0 Å². The summed E-state index contributed by atoms with van der Waals surface area (Å²) in [6.07, 6.45) is 3.65. The zero-order valence-corrected chi connectivity index (χ0v) is 14.4. The van der Waals surface area contributed by atoms with E-state index in [0.29, 0.717) is 12.2 Å². The second-order valence-corrected chi connectivity index (χ2v) is 6.33. The highest BCUT2D eigenvalue weighted by Gasteiger charge is 2.21. The fourth-order valence-electron chi connectivity index (χ4n) is 2.47. The summed E-state index contributed by atoms with van der Waals surface area (Å²) in [7, 11) is 0. The highest BCUT2D eigenvalue weighted by Crippen LogP contribution is 2.34. The zero-order valence-electron chi connectivity index (χ0n) is 14.4. The van der Waals surface area contributed by atoms with Crippen LogP contribution in [0.1, 0.15) is 57.7 Å². The van der Waals surface area contributed by atoms with E-state index in [-0.39, 0.29) is 5.41 Å². The lowest BCUT2D eigenvalue weighted by Crippen LogP contribution is -2.23. The van der Waals surface area contributed by atoms with Crippen molar-refractivity contribution < 1.29 is 5.11 Å². The third kappa shape index (κ3) is 4.34. The minimum atomic E-state index is 0.127. The monoisotopic (exact) mass is 289 g/mol. The van der Waals surface area contributed by atoms with Gasteiger partial charge in [-0.05, 0) is 42.5 Å². The Kier molecular flexibility index (Phi) is 6.47. The molecule has 0 atom stereocenters. The molecule has 0 heterocycles. The smallest absolute Gasteiger partial charge is 0.123 e. The summed E-state index contributed by atoms with van der Waals surface area (Å²) >= 11 is 0. The average molecular weight is 289 g/mol. The van der Waals surface area contributed by atoms with Crippen molar-refractivity contribution in [1.29, 1.82) is 0 Å². The van der Waals surface area contributed by atoms with Gasteiger partial charge < -0.3 is 5.11 Å². The normalized spacial score (nSPS) is 11.9. The maximum Gasteiger partial charge on any atom is 0.123 e. The van der Waals surface area contributed by atoms with Crippen LogP contribution in [0.2, 0.25) is 0 Å². The third-order valence-corrected chi connectivity index (χ3v) is 4.59. The minimum absolute atomic E-state index is 0.127. The quantitative estimate of drug-likeness (QED) is 0.704. The van der Waals surface area contributed by atoms with Crippen molar-refractivity contribution in [2.45, 2.75) is 59.4 Å². The van der Waals surface area contributed by atoms with Gasteiger partial charge in [0.25, 0.3) is 0 Å². The molecule has 1 aromatic carbocycles. The van der Waals surface area contributed by atoms with E-state index in [2.05, 4.69) is 58.2 Å². The molecule has 0 bridgehead atoms. The number of hydrogen-bond acceptors (Lipinski definition) is 2. The molecular formula is C19H31NO. The van der Waals surface area contributed by atoms with Crippen molar-refractivity contribution in [2.24, 2.45) is 0 Å². The Labute approximate surface area is 130 Å². The minimum Gasteiger partial charge on any atom is -0.507 e. The van der Waals surface area contributed by atoms with Gasteiger partial charge in [-0.15, -0.1) is 6.58 Å². The number of aromatic hydroxyl groups is 1. The molecule has 0 amide bonds. The second-order valence-electron chi connectivity index (χ2n) is 6.33. The fourth-order valence-corrected chi connectivity index (χ4v) is 2.47. The Hall–Kier alpha value is -1.28. The molecule has 118 valence electrons. The van der Waals surface area contributed by atoms with Crippen LogP contribution in [0.4, 0.5) is 0 Å². The first-order valence-corrected chi connectivity index (χ1v) is 8.08. The predicted molar refractivity (Wildman–Crippen MR) is 91.9 cm³/mol. The summed E-state index contributed by atoms with van der Waals surface area (Å²) in [4.78, 5) is 2.33. The molecule has 0 aliphatic heterocycles. The van der Waals surface area contributed by atoms with Crippen LogP contribution in [-0.2, 0) is 18.4 Å². The fraction of sp³-hybridized carbons (Fsp3) is 0.579. The molecule has 0 unspecified atom stereocenters. The molecule has 1 aromatic rings. The maximum atomic E-state index is 10.5. The molecule has 0 fully saturated rings. The van der Waals surface area contributed by atoms with E-state index in [9.17, 15) is 5.11 Å². The Morgan fingerprint density at radius 2 is 1.71 bits per heavy atom. The Balaban J connectivity index is 3.30. The molecule has 2 nitrogen and oxygen atoms in total. The predicted octanol–water partition coefficient (Wildman–Crippen LogP) is 4.65. The van der Waals surface area contributed by atoms with Crippen LogP contribution in [0.5, 0.6) is 5.75 Å². The number of allylic oxidation sites excluding steroid dienone is 1. The van der Waals surface area contributed by atoms with Gasteiger partial charge in [0.1, 0.15) is 5.75 Å². The van der Waals surface area contributed by atoms with Crippen LogP contribution in [0.15, 0.2) is 24.8 Å². The van der Waals surface area contributed by atoms with Crippen molar-refractivity contribution in [1.82, 2.24) is 4.90 Å². The molecular weight excluding hydrogens is 258 g/mol. The van der Waals surface area contributed by atoms with Crippen molar-refractivity contribution >= 4 is 0 Å². The van der Waals surface area contributed by atoms with Crippen LogP contribution in [-0.4, -0.2) is 23.1 Å². The molecule has 0 aliphatic rings. The molecule has 1 rings (SSSR count). The van der Waals surface area contributed by atoms with Gasteiger partial charge in [-0.2, -0.15) is 0 Å². The Morgan fingerprint density at radius 1 is 1.14 bits per heavy atom. The number of phenolic OH excluding ortho intramolecular Hbond substituents is 1. The first kappa shape index (κ1) is 17.8. The van der Waals surface area contributed by atoms with Crippen LogP contribution in [0, 0.1) is 0 Å². The van der Waals surface area contributed by atoms with Crippen LogP contribution in [0.3, 0.4) is 0 Å². The number of nitrogens with zero attached hydrogens (tertiary/aromatic N) is 1. The standard InChI is InChI=1S/C19H31NO/c1-7-11-15-12-17(19(5,6)8-2)13-16(18(15)21)14-20(9-3)10-4/h7,12-13,21H,1,8-11,14H2,2-6H3. The van der Waals surface area contributed by atoms with E-state index >= 15 is 0 Å². The van der Waals surface area contributed by atoms with Gasteiger partial charge in [-0.25, -0.2) is 0 Å². The molecule has 0 aromatic heterocycles. The first-order valence-electron chi connectivity index (χ1n) is 8.08. The van der Waals surface area contributed by atoms with Crippen molar-refractivity contribution in [3.8, 4) is 5.75 Å². The van der Waals surface area contributed by atoms with Crippen LogP contribution in [0.25, 0.3) is 0 Å². The zero-order chi connectivity index (χ0) is 16.0. The summed E-state index contributed by atoms with van der Waals surface area (Å²) < 4.78 is 0. The molecule has 0 aliphatic carbocycles.